The molecule has 0 unspecified atom stereocenters. The van der Waals surface area contributed by atoms with E-state index < -0.39 is 7.41 Å². The number of hydrogen-bond donors (Lipinski definition) is 0. The van der Waals surface area contributed by atoms with Crippen molar-refractivity contribution in [1.82, 2.24) is 4.67 Å². The van der Waals surface area contributed by atoms with E-state index in [1.54, 1.807) is 0 Å². The topological polar surface area (TPSA) is 3.24 Å². The second kappa shape index (κ2) is 6.51. The van der Waals surface area contributed by atoms with Crippen molar-refractivity contribution in [1.29, 1.82) is 0 Å². The smallest absolute Gasteiger partial charge is 0.166 e. The van der Waals surface area contributed by atoms with Gasteiger partial charge >= 0.3 is 0 Å². The quantitative estimate of drug-likeness (QED) is 0.639. The van der Waals surface area contributed by atoms with Gasteiger partial charge in [-0.3, -0.25) is 0 Å². The molecule has 0 atom stereocenters. The van der Waals surface area contributed by atoms with Gasteiger partial charge in [0.15, 0.2) is 7.41 Å². The molecule has 0 saturated heterocycles. The van der Waals surface area contributed by atoms with Crippen LogP contribution in [0.4, 0.5) is 0 Å². The maximum atomic E-state index is 2.69. The molecule has 0 aromatic heterocycles. The number of benzene rings is 3. The largest absolute Gasteiger partial charge is 0.181 e. The molecule has 0 heterocycles. The van der Waals surface area contributed by atoms with E-state index in [4.69, 9.17) is 0 Å². The Morgan fingerprint density at radius 3 is 1.25 bits per heavy atom. The van der Waals surface area contributed by atoms with Crippen LogP contribution in [-0.2, 0) is 0 Å². The molecule has 0 aliphatic heterocycles. The summed E-state index contributed by atoms with van der Waals surface area (Å²) >= 11 is 0. The van der Waals surface area contributed by atoms with Gasteiger partial charge in [-0.25, -0.2) is 0 Å². The van der Waals surface area contributed by atoms with Gasteiger partial charge in [-0.2, -0.15) is 4.67 Å². The summed E-state index contributed by atoms with van der Waals surface area (Å²) in [4.78, 5) is 0. The van der Waals surface area contributed by atoms with Crippen LogP contribution in [0.2, 0.25) is 0 Å². The average Bonchev–Trinajstić information content (AvgIpc) is 3.50. The standard InChI is InChI=1S/C22H23NP/c1-23(19-17-18-19)24(20-11-5-2-6-12-20,21-13-7-3-8-14-21)22-15-9-4-10-16-22/h2-16,19H,17-18H2,1H3/q+1. The summed E-state index contributed by atoms with van der Waals surface area (Å²) in [6.07, 6.45) is 2.62. The molecule has 0 N–H and O–H groups in total. The fraction of sp³-hybridized carbons (Fsp3) is 0.182. The van der Waals surface area contributed by atoms with Crippen molar-refractivity contribution in [3.63, 3.8) is 0 Å². The zero-order valence-electron chi connectivity index (χ0n) is 14.0. The predicted octanol–water partition coefficient (Wildman–Crippen LogP) is 3.99. The van der Waals surface area contributed by atoms with Crippen LogP contribution in [0.1, 0.15) is 12.8 Å². The fourth-order valence-electron chi connectivity index (χ4n) is 3.62. The zero-order chi connectivity index (χ0) is 16.4. The molecule has 120 valence electrons. The molecule has 0 bridgehead atoms. The maximum absolute atomic E-state index is 2.69. The fourth-order valence-corrected chi connectivity index (χ4v) is 8.14. The molecule has 24 heavy (non-hydrogen) atoms. The highest BCUT2D eigenvalue weighted by Crippen LogP contribution is 2.61. The van der Waals surface area contributed by atoms with E-state index >= 15 is 0 Å². The lowest BCUT2D eigenvalue weighted by Gasteiger charge is -2.34. The van der Waals surface area contributed by atoms with Gasteiger partial charge in [0.05, 0.1) is 0 Å². The molecule has 2 heteroatoms. The lowest BCUT2D eigenvalue weighted by molar-refractivity contribution is 0.542. The Kier molecular flexibility index (Phi) is 4.22. The maximum Gasteiger partial charge on any atom is 0.181 e. The van der Waals surface area contributed by atoms with Crippen LogP contribution in [0.3, 0.4) is 0 Å². The molecule has 3 aromatic carbocycles. The van der Waals surface area contributed by atoms with Crippen molar-refractivity contribution < 1.29 is 0 Å². The SMILES string of the molecule is CN(C1CC1)[P+](c1ccccc1)(c1ccccc1)c1ccccc1. The molecule has 3 aromatic rings. The Morgan fingerprint density at radius 1 is 0.625 bits per heavy atom. The van der Waals surface area contributed by atoms with Crippen LogP contribution in [0.15, 0.2) is 91.0 Å². The minimum absolute atomic E-state index is 0.693. The third kappa shape index (κ3) is 2.59. The van der Waals surface area contributed by atoms with Gasteiger partial charge in [-0.15, -0.1) is 0 Å². The van der Waals surface area contributed by atoms with Gasteiger partial charge < -0.3 is 0 Å². The minimum Gasteiger partial charge on any atom is -0.166 e. The van der Waals surface area contributed by atoms with Crippen molar-refractivity contribution >= 4 is 23.3 Å². The molecule has 1 fully saturated rings. The monoisotopic (exact) mass is 332 g/mol. The second-order valence-electron chi connectivity index (χ2n) is 6.45. The Morgan fingerprint density at radius 2 is 0.958 bits per heavy atom. The summed E-state index contributed by atoms with van der Waals surface area (Å²) in [6.45, 7) is 0. The summed E-state index contributed by atoms with van der Waals surface area (Å²) in [7, 11) is 0.527. The highest BCUT2D eigenvalue weighted by molar-refractivity contribution is 7.93. The summed E-state index contributed by atoms with van der Waals surface area (Å²) in [6, 6.07) is 34.0. The summed E-state index contributed by atoms with van der Waals surface area (Å²) in [5.41, 5.74) is 0. The van der Waals surface area contributed by atoms with E-state index in [-0.39, 0.29) is 0 Å². The molecule has 0 radical (unpaired) electrons. The van der Waals surface area contributed by atoms with E-state index in [1.807, 2.05) is 0 Å². The van der Waals surface area contributed by atoms with Gasteiger partial charge in [0.2, 0.25) is 0 Å². The molecule has 1 aliphatic rings. The summed E-state index contributed by atoms with van der Waals surface area (Å²) in [5, 5.41) is 4.32. The van der Waals surface area contributed by atoms with E-state index in [0.29, 0.717) is 6.04 Å². The van der Waals surface area contributed by atoms with Crippen molar-refractivity contribution in [2.24, 2.45) is 0 Å². The van der Waals surface area contributed by atoms with Crippen molar-refractivity contribution in [3.05, 3.63) is 91.0 Å². The Balaban J connectivity index is 2.03. The van der Waals surface area contributed by atoms with Crippen LogP contribution in [-0.4, -0.2) is 17.8 Å². The first-order chi connectivity index (χ1) is 11.8. The highest BCUT2D eigenvalue weighted by Gasteiger charge is 2.54. The van der Waals surface area contributed by atoms with Crippen LogP contribution < -0.4 is 15.9 Å². The van der Waals surface area contributed by atoms with Gasteiger partial charge in [0.25, 0.3) is 0 Å². The van der Waals surface area contributed by atoms with Gasteiger partial charge in [0.1, 0.15) is 15.9 Å². The molecule has 0 amide bonds. The van der Waals surface area contributed by atoms with Crippen LogP contribution in [0, 0.1) is 0 Å². The zero-order valence-corrected chi connectivity index (χ0v) is 14.9. The molecule has 1 aliphatic carbocycles. The average molecular weight is 332 g/mol. The Bertz CT molecular complexity index is 685. The molecule has 1 nitrogen and oxygen atoms in total. The van der Waals surface area contributed by atoms with Gasteiger partial charge in [-0.05, 0) is 49.2 Å². The predicted molar refractivity (Wildman–Crippen MR) is 106 cm³/mol. The molecule has 1 saturated carbocycles. The first-order valence-corrected chi connectivity index (χ1v) is 10.4. The van der Waals surface area contributed by atoms with E-state index in [9.17, 15) is 0 Å². The van der Waals surface area contributed by atoms with Gasteiger partial charge in [0, 0.05) is 13.1 Å². The third-order valence-electron chi connectivity index (χ3n) is 4.94. The second-order valence-corrected chi connectivity index (χ2v) is 9.90. The minimum atomic E-state index is -1.80. The number of nitrogens with zero attached hydrogens (tertiary/aromatic N) is 1. The van der Waals surface area contributed by atoms with Crippen LogP contribution >= 0.6 is 7.41 Å². The van der Waals surface area contributed by atoms with Crippen LogP contribution in [0.5, 0.6) is 0 Å². The van der Waals surface area contributed by atoms with E-state index in [0.717, 1.165) is 0 Å². The number of hydrogen-bond acceptors (Lipinski definition) is 1. The van der Waals surface area contributed by atoms with Crippen molar-refractivity contribution in [3.8, 4) is 0 Å². The normalized spacial score (nSPS) is 14.8. The van der Waals surface area contributed by atoms with Gasteiger partial charge in [-0.1, -0.05) is 54.6 Å². The highest BCUT2D eigenvalue weighted by atomic mass is 31.2. The Hall–Kier alpha value is -1.95. The van der Waals surface area contributed by atoms with Crippen LogP contribution in [0.25, 0.3) is 0 Å². The summed E-state index contributed by atoms with van der Waals surface area (Å²) in [5.74, 6) is 0. The first-order valence-electron chi connectivity index (χ1n) is 8.62. The van der Waals surface area contributed by atoms with E-state index in [1.165, 1.54) is 28.8 Å². The van der Waals surface area contributed by atoms with E-state index in [2.05, 4.69) is 103 Å². The molecule has 0 spiro atoms. The third-order valence-corrected chi connectivity index (χ3v) is 9.35. The molecule has 4 rings (SSSR count). The molecular formula is C22H23NP+. The summed E-state index contributed by atoms with van der Waals surface area (Å²) < 4.78 is 2.69. The van der Waals surface area contributed by atoms with Crippen molar-refractivity contribution in [2.45, 2.75) is 18.9 Å². The van der Waals surface area contributed by atoms with Crippen molar-refractivity contribution in [2.75, 3.05) is 7.05 Å². The Labute approximate surface area is 145 Å². The number of rotatable bonds is 5. The first kappa shape index (κ1) is 15.6. The molecular weight excluding hydrogens is 309 g/mol. The lowest BCUT2D eigenvalue weighted by atomic mass is 10.4. The lowest BCUT2D eigenvalue weighted by Crippen LogP contribution is -2.42.